The predicted octanol–water partition coefficient (Wildman–Crippen LogP) is 4.22. The van der Waals surface area contributed by atoms with Gasteiger partial charge in [-0.15, -0.1) is 0 Å². The van der Waals surface area contributed by atoms with Crippen molar-refractivity contribution in [3.8, 4) is 0 Å². The third-order valence-corrected chi connectivity index (χ3v) is 5.97. The number of para-hydroxylation sites is 1. The Balaban J connectivity index is 1.58. The van der Waals surface area contributed by atoms with Gasteiger partial charge in [0, 0.05) is 41.7 Å². The zero-order chi connectivity index (χ0) is 20.4. The largest absolute Gasteiger partial charge is 0.451 e. The Morgan fingerprint density at radius 2 is 1.72 bits per heavy atom. The Kier molecular flexibility index (Phi) is 5.32. The monoisotopic (exact) mass is 412 g/mol. The zero-order valence-electron chi connectivity index (χ0n) is 16.3. The van der Waals surface area contributed by atoms with Crippen LogP contribution in [0.4, 0.5) is 11.4 Å². The van der Waals surface area contributed by atoms with Gasteiger partial charge in [0.2, 0.25) is 0 Å². The average molecular weight is 413 g/mol. The lowest BCUT2D eigenvalue weighted by Gasteiger charge is -2.28. The number of amides is 1. The number of fused-ring (bicyclic) bond motifs is 1. The van der Waals surface area contributed by atoms with Crippen LogP contribution in [0.2, 0.25) is 0 Å². The molecule has 0 radical (unpaired) electrons. The molecule has 1 fully saturated rings. The van der Waals surface area contributed by atoms with E-state index in [4.69, 9.17) is 4.42 Å². The van der Waals surface area contributed by atoms with Gasteiger partial charge in [0.15, 0.2) is 15.6 Å². The fourth-order valence-electron chi connectivity index (χ4n) is 3.78. The Morgan fingerprint density at radius 1 is 1.03 bits per heavy atom. The second-order valence-corrected chi connectivity index (χ2v) is 9.66. The van der Waals surface area contributed by atoms with Crippen molar-refractivity contribution in [1.29, 1.82) is 0 Å². The summed E-state index contributed by atoms with van der Waals surface area (Å²) >= 11 is 0. The summed E-state index contributed by atoms with van der Waals surface area (Å²) in [5.74, 6) is -0.664. The van der Waals surface area contributed by atoms with Crippen molar-refractivity contribution in [1.82, 2.24) is 0 Å². The van der Waals surface area contributed by atoms with Crippen LogP contribution in [-0.4, -0.2) is 33.7 Å². The van der Waals surface area contributed by atoms with Gasteiger partial charge in [0.1, 0.15) is 5.58 Å². The number of nitrogens with one attached hydrogen (secondary N) is 1. The fraction of sp³-hybridized carbons (Fsp3) is 0.318. The number of carbonyl (C=O) groups is 1. The van der Waals surface area contributed by atoms with Crippen LogP contribution in [-0.2, 0) is 15.6 Å². The summed E-state index contributed by atoms with van der Waals surface area (Å²) < 4.78 is 29.5. The highest BCUT2D eigenvalue weighted by Crippen LogP contribution is 2.29. The first kappa shape index (κ1) is 19.5. The number of nitrogens with zero attached hydrogens (tertiary/aromatic N) is 1. The van der Waals surface area contributed by atoms with Crippen molar-refractivity contribution in [3.05, 3.63) is 59.9 Å². The van der Waals surface area contributed by atoms with E-state index in [1.54, 1.807) is 24.3 Å². The predicted molar refractivity (Wildman–Crippen MR) is 115 cm³/mol. The molecule has 1 aromatic heterocycles. The van der Waals surface area contributed by atoms with Crippen LogP contribution in [0.3, 0.4) is 0 Å². The van der Waals surface area contributed by atoms with Gasteiger partial charge in [0.05, 0.1) is 5.75 Å². The molecule has 2 aromatic carbocycles. The van der Waals surface area contributed by atoms with Crippen molar-refractivity contribution < 1.29 is 17.6 Å². The van der Waals surface area contributed by atoms with E-state index in [0.717, 1.165) is 25.0 Å². The summed E-state index contributed by atoms with van der Waals surface area (Å²) in [6.07, 6.45) is 4.83. The zero-order valence-corrected chi connectivity index (χ0v) is 17.2. The molecule has 7 heteroatoms. The molecule has 0 atom stereocenters. The van der Waals surface area contributed by atoms with Gasteiger partial charge in [-0.05, 0) is 49.6 Å². The SMILES string of the molecule is CS(=O)(=O)Cc1c(C(=O)Nc2ccc(N3CCCCC3)cc2)oc2ccccc12. The van der Waals surface area contributed by atoms with Gasteiger partial charge in [-0.3, -0.25) is 4.79 Å². The van der Waals surface area contributed by atoms with E-state index >= 15 is 0 Å². The van der Waals surface area contributed by atoms with E-state index in [0.29, 0.717) is 22.2 Å². The number of carbonyl (C=O) groups excluding carboxylic acids is 1. The van der Waals surface area contributed by atoms with Crippen LogP contribution < -0.4 is 10.2 Å². The number of anilines is 2. The molecule has 1 N–H and O–H groups in total. The average Bonchev–Trinajstić information content (AvgIpc) is 3.06. The Hall–Kier alpha value is -2.80. The number of hydrogen-bond acceptors (Lipinski definition) is 5. The lowest BCUT2D eigenvalue weighted by molar-refractivity contribution is 0.0998. The molecule has 152 valence electrons. The molecular weight excluding hydrogens is 388 g/mol. The van der Waals surface area contributed by atoms with Gasteiger partial charge in [0.25, 0.3) is 5.91 Å². The maximum atomic E-state index is 12.9. The van der Waals surface area contributed by atoms with Crippen LogP contribution in [0.1, 0.15) is 35.4 Å². The van der Waals surface area contributed by atoms with Crippen LogP contribution in [0, 0.1) is 0 Å². The van der Waals surface area contributed by atoms with E-state index < -0.39 is 15.7 Å². The Morgan fingerprint density at radius 3 is 2.41 bits per heavy atom. The highest BCUT2D eigenvalue weighted by Gasteiger charge is 2.23. The molecule has 1 amide bonds. The quantitative estimate of drug-likeness (QED) is 0.679. The molecule has 0 saturated carbocycles. The first-order valence-corrected chi connectivity index (χ1v) is 11.8. The highest BCUT2D eigenvalue weighted by atomic mass is 32.2. The van der Waals surface area contributed by atoms with Crippen molar-refractivity contribution in [2.24, 2.45) is 0 Å². The fourth-order valence-corrected chi connectivity index (χ4v) is 4.59. The van der Waals surface area contributed by atoms with Gasteiger partial charge in [-0.1, -0.05) is 18.2 Å². The maximum absolute atomic E-state index is 12.9. The number of sulfone groups is 1. The van der Waals surface area contributed by atoms with Crippen molar-refractivity contribution in [3.63, 3.8) is 0 Å². The second-order valence-electron chi connectivity index (χ2n) is 7.52. The smallest absolute Gasteiger partial charge is 0.291 e. The topological polar surface area (TPSA) is 79.6 Å². The van der Waals surface area contributed by atoms with Gasteiger partial charge in [-0.25, -0.2) is 8.42 Å². The summed E-state index contributed by atoms with van der Waals surface area (Å²) in [7, 11) is -3.33. The summed E-state index contributed by atoms with van der Waals surface area (Å²) in [6, 6.07) is 14.8. The summed E-state index contributed by atoms with van der Waals surface area (Å²) in [6.45, 7) is 2.11. The highest BCUT2D eigenvalue weighted by molar-refractivity contribution is 7.89. The standard InChI is InChI=1S/C22H24N2O4S/c1-29(26,27)15-19-18-7-3-4-8-20(18)28-21(19)22(25)23-16-9-11-17(12-10-16)24-13-5-2-6-14-24/h3-4,7-12H,2,5-6,13-15H2,1H3,(H,23,25). The number of hydrogen-bond donors (Lipinski definition) is 1. The summed E-state index contributed by atoms with van der Waals surface area (Å²) in [5.41, 5.74) is 2.67. The molecule has 1 aliphatic heterocycles. The number of furan rings is 1. The lowest BCUT2D eigenvalue weighted by Crippen LogP contribution is -2.29. The molecule has 3 aromatic rings. The minimum Gasteiger partial charge on any atom is -0.451 e. The van der Waals surface area contributed by atoms with Crippen LogP contribution in [0.15, 0.2) is 52.9 Å². The molecule has 0 bridgehead atoms. The maximum Gasteiger partial charge on any atom is 0.291 e. The van der Waals surface area contributed by atoms with Crippen LogP contribution >= 0.6 is 0 Å². The third kappa shape index (κ3) is 4.45. The number of piperidine rings is 1. The first-order chi connectivity index (χ1) is 13.9. The lowest BCUT2D eigenvalue weighted by atomic mass is 10.1. The minimum atomic E-state index is -3.33. The van der Waals surface area contributed by atoms with Crippen LogP contribution in [0.5, 0.6) is 0 Å². The van der Waals surface area contributed by atoms with E-state index in [2.05, 4.69) is 10.2 Å². The number of benzene rings is 2. The van der Waals surface area contributed by atoms with E-state index in [1.807, 2.05) is 24.3 Å². The number of rotatable bonds is 5. The molecule has 6 nitrogen and oxygen atoms in total. The second kappa shape index (κ2) is 7.91. The molecule has 0 aliphatic carbocycles. The van der Waals surface area contributed by atoms with Crippen molar-refractivity contribution in [2.75, 3.05) is 29.6 Å². The molecule has 0 unspecified atom stereocenters. The Labute approximate surface area is 170 Å². The molecule has 1 aliphatic rings. The third-order valence-electron chi connectivity index (χ3n) is 5.16. The Bertz CT molecular complexity index is 1130. The molecule has 2 heterocycles. The van der Waals surface area contributed by atoms with Crippen LogP contribution in [0.25, 0.3) is 11.0 Å². The molecular formula is C22H24N2O4S. The van der Waals surface area contributed by atoms with Crippen molar-refractivity contribution in [2.45, 2.75) is 25.0 Å². The molecule has 1 saturated heterocycles. The summed E-state index contributed by atoms with van der Waals surface area (Å²) in [4.78, 5) is 15.2. The molecule has 4 rings (SSSR count). The van der Waals surface area contributed by atoms with Crippen molar-refractivity contribution >= 4 is 38.1 Å². The van der Waals surface area contributed by atoms with E-state index in [1.165, 1.54) is 19.3 Å². The first-order valence-electron chi connectivity index (χ1n) is 9.75. The molecule has 0 spiro atoms. The van der Waals surface area contributed by atoms with E-state index in [9.17, 15) is 13.2 Å². The van der Waals surface area contributed by atoms with Gasteiger partial charge in [-0.2, -0.15) is 0 Å². The minimum absolute atomic E-state index is 0.0386. The summed E-state index contributed by atoms with van der Waals surface area (Å²) in [5, 5.41) is 3.47. The van der Waals surface area contributed by atoms with E-state index in [-0.39, 0.29) is 11.5 Å². The normalized spacial score (nSPS) is 14.9. The van der Waals surface area contributed by atoms with Gasteiger partial charge >= 0.3 is 0 Å². The molecule has 29 heavy (non-hydrogen) atoms. The van der Waals surface area contributed by atoms with Gasteiger partial charge < -0.3 is 14.6 Å².